The monoisotopic (exact) mass is 1500 g/mol. The van der Waals surface area contributed by atoms with E-state index in [4.69, 9.17) is 51.1 Å². The number of pyridine rings is 5. The number of aromatic nitrogens is 5. The van der Waals surface area contributed by atoms with Crippen LogP contribution in [0.15, 0.2) is 195 Å². The van der Waals surface area contributed by atoms with Crippen LogP contribution in [-0.2, 0) is 29.4 Å². The number of alkyl halides is 12. The summed E-state index contributed by atoms with van der Waals surface area (Å²) in [7, 11) is 1.46. The number of hydrogen-bond acceptors (Lipinski definition) is 8. The number of benzene rings is 7. The van der Waals surface area contributed by atoms with Crippen molar-refractivity contribution in [2.24, 2.45) is 0 Å². The molecule has 12 aromatic rings. The highest BCUT2D eigenvalue weighted by Crippen LogP contribution is 2.40. The van der Waals surface area contributed by atoms with Gasteiger partial charge in [0, 0.05) is 56.5 Å². The minimum Gasteiger partial charge on any atom is -0.504 e. The van der Waals surface area contributed by atoms with Crippen LogP contribution in [0.2, 0.25) is 20.6 Å². The summed E-state index contributed by atoms with van der Waals surface area (Å²) in [6.07, 6.45) is -5.91. The molecular weight excluding hydrogens is 1460 g/mol. The van der Waals surface area contributed by atoms with Crippen molar-refractivity contribution < 1.29 is 67.0 Å². The van der Waals surface area contributed by atoms with E-state index in [0.717, 1.165) is 90.0 Å². The van der Waals surface area contributed by atoms with Gasteiger partial charge < -0.3 is 4.74 Å². The second kappa shape index (κ2) is 30.8. The first kappa shape index (κ1) is 72.1. The molecule has 0 radical (unpaired) electrons. The Morgan fingerprint density at radius 2 is 0.789 bits per heavy atom. The van der Waals surface area contributed by atoms with E-state index < -0.39 is 47.0 Å². The van der Waals surface area contributed by atoms with E-state index in [9.17, 15) is 62.3 Å². The van der Waals surface area contributed by atoms with Crippen molar-refractivity contribution in [2.45, 2.75) is 38.6 Å². The van der Waals surface area contributed by atoms with Crippen LogP contribution in [0.25, 0.3) is 82.7 Å². The standard InChI is InChI=1S/C22H16F3N.C15H11ClF3NO.C14H7ClF3N.C13H7ClF3NO.C6H3ClINO/c1-13-9-14(2)11-16(10-13)21-19-6-4-15-3-5-17(22(23,24)25)12-20(15)18(19)7-8-26-21;1-21-8-6-13-12(5-7-20-14(13)16)10-3-2-4-11(9-10)15(17,18)19;15-13-11-4-2-8-1-3-9(14(16,17)18)7-12(8)10(11)5-6-19-13;14-12-11(7-19)10(4-5-18-12)8-2-1-3-9(6-8)13(15,16)17;7-6-4(3-10)5(8)1-2-9-6/h3-12H,1-2H3;2-9H,1H3;2*1-7H;1-3H/b;8-6+;;;. The molecule has 0 aliphatic rings. The number of halogens is 17. The number of methoxy groups -OCH3 is 1. The molecule has 0 saturated carbocycles. The van der Waals surface area contributed by atoms with E-state index in [1.54, 1.807) is 60.9 Å². The largest absolute Gasteiger partial charge is 0.504 e. The lowest BCUT2D eigenvalue weighted by atomic mass is 9.96. The minimum absolute atomic E-state index is 0.0371. The van der Waals surface area contributed by atoms with Crippen LogP contribution in [0.1, 0.15) is 59.7 Å². The van der Waals surface area contributed by atoms with E-state index in [-0.39, 0.29) is 31.7 Å². The Bertz CT molecular complexity index is 4800. The van der Waals surface area contributed by atoms with Crippen molar-refractivity contribution in [2.75, 3.05) is 7.11 Å². The third-order valence-corrected chi connectivity index (χ3v) is 16.2. The van der Waals surface area contributed by atoms with Crippen molar-refractivity contribution in [1.82, 2.24) is 24.9 Å². The van der Waals surface area contributed by atoms with Gasteiger partial charge in [-0.25, -0.2) is 19.9 Å². The number of carbonyl (C=O) groups is 2. The van der Waals surface area contributed by atoms with Crippen LogP contribution in [0.4, 0.5) is 52.7 Å². The summed E-state index contributed by atoms with van der Waals surface area (Å²) in [4.78, 5) is 41.1. The van der Waals surface area contributed by atoms with Gasteiger partial charge in [-0.1, -0.05) is 124 Å². The Labute approximate surface area is 567 Å². The van der Waals surface area contributed by atoms with Crippen LogP contribution in [0, 0.1) is 17.4 Å². The molecule has 0 atom stereocenters. The molecule has 486 valence electrons. The zero-order valence-electron chi connectivity index (χ0n) is 49.1. The second-order valence-corrected chi connectivity index (χ2v) is 23.0. The molecule has 0 aliphatic heterocycles. The van der Waals surface area contributed by atoms with Gasteiger partial charge in [0.2, 0.25) is 0 Å². The molecule has 5 heterocycles. The average molecular weight is 1500 g/mol. The van der Waals surface area contributed by atoms with Gasteiger partial charge in [0.05, 0.1) is 52.4 Å². The van der Waals surface area contributed by atoms with Crippen LogP contribution >= 0.6 is 69.0 Å². The van der Waals surface area contributed by atoms with Gasteiger partial charge in [-0.15, -0.1) is 0 Å². The molecule has 7 aromatic carbocycles. The Morgan fingerprint density at radius 3 is 1.25 bits per heavy atom. The first-order chi connectivity index (χ1) is 44.9. The van der Waals surface area contributed by atoms with Crippen molar-refractivity contribution in [1.29, 1.82) is 0 Å². The molecule has 0 saturated heterocycles. The SMILES string of the molecule is CO/C=C/c1c(-c2cccc(C(F)(F)F)c2)ccnc1Cl.Cc1cc(C)cc(-c2nccc3c2ccc2ccc(C(F)(F)F)cc23)c1.FC(F)(F)c1ccc2ccc3c(Cl)nccc3c2c1.O=Cc1c(-c2cccc(C(F)(F)F)c2)ccnc1Cl.O=Cc1c(I)ccnc1Cl. The maximum atomic E-state index is 13.1. The number of ether oxygens (including phenoxy) is 1. The van der Waals surface area contributed by atoms with Gasteiger partial charge in [-0.2, -0.15) is 52.7 Å². The predicted octanol–water partition coefficient (Wildman–Crippen LogP) is 23.2. The molecule has 5 aromatic heterocycles. The van der Waals surface area contributed by atoms with Crippen LogP contribution in [0.3, 0.4) is 0 Å². The highest BCUT2D eigenvalue weighted by Gasteiger charge is 2.33. The van der Waals surface area contributed by atoms with Crippen LogP contribution in [-0.4, -0.2) is 44.6 Å². The summed E-state index contributed by atoms with van der Waals surface area (Å²) >= 11 is 25.3. The lowest BCUT2D eigenvalue weighted by molar-refractivity contribution is -0.138. The summed E-state index contributed by atoms with van der Waals surface area (Å²) in [5, 5.41) is 6.29. The molecule has 0 bridgehead atoms. The van der Waals surface area contributed by atoms with Gasteiger partial charge >= 0.3 is 24.7 Å². The Kier molecular flexibility index (Phi) is 23.4. The van der Waals surface area contributed by atoms with Gasteiger partial charge in [0.25, 0.3) is 0 Å². The third-order valence-electron chi connectivity index (χ3n) is 14.0. The Balaban J connectivity index is 0.000000156. The smallest absolute Gasteiger partial charge is 0.416 e. The lowest BCUT2D eigenvalue weighted by Crippen LogP contribution is -2.04. The van der Waals surface area contributed by atoms with E-state index in [0.29, 0.717) is 61.9 Å². The molecular formula is C70H44Cl4F12IN5O3. The van der Waals surface area contributed by atoms with Crippen molar-refractivity contribution in [3.8, 4) is 33.5 Å². The topological polar surface area (TPSA) is 108 Å². The average Bonchev–Trinajstić information content (AvgIpc) is 0.773. The van der Waals surface area contributed by atoms with Gasteiger partial charge in [0.1, 0.15) is 20.6 Å². The molecule has 0 fully saturated rings. The summed E-state index contributed by atoms with van der Waals surface area (Å²) < 4.78 is 160. The number of fused-ring (bicyclic) bond motifs is 6. The van der Waals surface area contributed by atoms with E-state index in [1.165, 1.54) is 74.4 Å². The summed E-state index contributed by atoms with van der Waals surface area (Å²) in [6.45, 7) is 4.04. The van der Waals surface area contributed by atoms with Gasteiger partial charge in [-0.3, -0.25) is 14.6 Å². The zero-order valence-corrected chi connectivity index (χ0v) is 54.3. The highest BCUT2D eigenvalue weighted by atomic mass is 127. The number of aldehydes is 2. The fraction of sp³-hybridized carbons (Fsp3) is 0.100. The molecule has 0 spiro atoms. The Morgan fingerprint density at radius 1 is 0.389 bits per heavy atom. The number of hydrogen-bond donors (Lipinski definition) is 0. The first-order valence-corrected chi connectivity index (χ1v) is 30.1. The zero-order chi connectivity index (χ0) is 69.2. The van der Waals surface area contributed by atoms with E-state index in [2.05, 4.69) is 31.0 Å². The fourth-order valence-corrected chi connectivity index (χ4v) is 11.2. The molecule has 25 heteroatoms. The molecule has 8 nitrogen and oxygen atoms in total. The number of nitrogens with zero attached hydrogens (tertiary/aromatic N) is 5. The molecule has 0 N–H and O–H groups in total. The summed E-state index contributed by atoms with van der Waals surface area (Å²) in [6, 6.07) is 39.0. The molecule has 0 amide bonds. The van der Waals surface area contributed by atoms with Crippen LogP contribution in [0.5, 0.6) is 0 Å². The quantitative estimate of drug-likeness (QED) is 0.0388. The summed E-state index contributed by atoms with van der Waals surface area (Å²) in [5.74, 6) is 0. The molecule has 12 rings (SSSR count). The second-order valence-electron chi connectivity index (χ2n) is 20.4. The van der Waals surface area contributed by atoms with Crippen LogP contribution < -0.4 is 0 Å². The number of carbonyl (C=O) groups excluding carboxylic acids is 2. The first-order valence-electron chi connectivity index (χ1n) is 27.5. The van der Waals surface area contributed by atoms with Gasteiger partial charge in [-0.05, 0) is 188 Å². The maximum Gasteiger partial charge on any atom is 0.416 e. The number of aryl methyl sites for hydroxylation is 2. The fourth-order valence-electron chi connectivity index (χ4n) is 9.69. The Hall–Kier alpha value is -8.74. The molecule has 0 unspecified atom stereocenters. The van der Waals surface area contributed by atoms with Gasteiger partial charge in [0.15, 0.2) is 12.6 Å². The minimum atomic E-state index is -4.44. The maximum absolute atomic E-state index is 13.1. The normalized spacial score (nSPS) is 11.6. The van der Waals surface area contributed by atoms with E-state index >= 15 is 0 Å². The highest BCUT2D eigenvalue weighted by molar-refractivity contribution is 14.1. The van der Waals surface area contributed by atoms with Crippen molar-refractivity contribution >= 4 is 131 Å². The predicted molar refractivity (Wildman–Crippen MR) is 357 cm³/mol. The lowest BCUT2D eigenvalue weighted by Gasteiger charge is -2.12. The molecule has 0 aliphatic carbocycles. The number of rotatable bonds is 7. The molecule has 95 heavy (non-hydrogen) atoms. The van der Waals surface area contributed by atoms with E-state index in [1.807, 2.05) is 60.7 Å². The van der Waals surface area contributed by atoms with Crippen molar-refractivity contribution in [3.05, 3.63) is 269 Å². The third kappa shape index (κ3) is 18.0. The summed E-state index contributed by atoms with van der Waals surface area (Å²) in [5.41, 5.74) is 3.79. The van der Waals surface area contributed by atoms with Crippen molar-refractivity contribution in [3.63, 3.8) is 0 Å².